The average Bonchev–Trinajstić information content (AvgIpc) is 2.41. The van der Waals surface area contributed by atoms with Crippen LogP contribution in [0.2, 0.25) is 0 Å². The van der Waals surface area contributed by atoms with Gasteiger partial charge in [0.15, 0.2) is 0 Å². The second kappa shape index (κ2) is 6.07. The monoisotopic (exact) mass is 249 g/mol. The van der Waals surface area contributed by atoms with Crippen LogP contribution in [0, 0.1) is 0 Å². The summed E-state index contributed by atoms with van der Waals surface area (Å²) in [5, 5.41) is 3.45. The molecule has 1 fully saturated rings. The number of nitrogens with one attached hydrogen (secondary N) is 1. The van der Waals surface area contributed by atoms with Crippen molar-refractivity contribution >= 4 is 5.69 Å². The third kappa shape index (κ3) is 3.15. The largest absolute Gasteiger partial charge is 0.497 e. The van der Waals surface area contributed by atoms with Gasteiger partial charge >= 0.3 is 0 Å². The molecule has 4 heteroatoms. The first-order chi connectivity index (χ1) is 8.70. The fourth-order valence-corrected chi connectivity index (χ4v) is 2.32. The zero-order valence-electron chi connectivity index (χ0n) is 11.5. The standard InChI is InChI=1S/C14H23N3O/c1-16-9-8-15-10-13(16)11-17(2)12-4-6-14(18-3)7-5-12/h4-7,13,15H,8-11H2,1-3H3. The summed E-state index contributed by atoms with van der Waals surface area (Å²) in [7, 11) is 6.04. The molecule has 1 aromatic rings. The summed E-state index contributed by atoms with van der Waals surface area (Å²) in [4.78, 5) is 4.73. The minimum Gasteiger partial charge on any atom is -0.497 e. The lowest BCUT2D eigenvalue weighted by Crippen LogP contribution is -2.53. The third-order valence-corrected chi connectivity index (χ3v) is 3.64. The molecule has 0 aliphatic carbocycles. The number of hydrogen-bond donors (Lipinski definition) is 1. The molecule has 2 rings (SSSR count). The lowest BCUT2D eigenvalue weighted by Gasteiger charge is -2.36. The van der Waals surface area contributed by atoms with E-state index in [-0.39, 0.29) is 0 Å². The van der Waals surface area contributed by atoms with E-state index in [1.807, 2.05) is 12.1 Å². The molecule has 1 aromatic carbocycles. The van der Waals surface area contributed by atoms with Crippen molar-refractivity contribution in [1.29, 1.82) is 0 Å². The highest BCUT2D eigenvalue weighted by Crippen LogP contribution is 2.18. The Bertz CT molecular complexity index is 366. The van der Waals surface area contributed by atoms with Gasteiger partial charge in [0.2, 0.25) is 0 Å². The first kappa shape index (κ1) is 13.2. The number of nitrogens with zero attached hydrogens (tertiary/aromatic N) is 2. The predicted molar refractivity (Wildman–Crippen MR) is 75.6 cm³/mol. The van der Waals surface area contributed by atoms with Crippen LogP contribution in [0.4, 0.5) is 5.69 Å². The van der Waals surface area contributed by atoms with Crippen LogP contribution >= 0.6 is 0 Å². The van der Waals surface area contributed by atoms with Crippen LogP contribution in [0.25, 0.3) is 0 Å². The molecular weight excluding hydrogens is 226 g/mol. The molecule has 0 bridgehead atoms. The van der Waals surface area contributed by atoms with E-state index in [1.165, 1.54) is 5.69 Å². The van der Waals surface area contributed by atoms with Crippen molar-refractivity contribution in [3.05, 3.63) is 24.3 Å². The Balaban J connectivity index is 1.95. The smallest absolute Gasteiger partial charge is 0.119 e. The molecule has 1 heterocycles. The Labute approximate surface area is 110 Å². The van der Waals surface area contributed by atoms with E-state index < -0.39 is 0 Å². The van der Waals surface area contributed by atoms with Gasteiger partial charge in [-0.25, -0.2) is 0 Å². The third-order valence-electron chi connectivity index (χ3n) is 3.64. The second-order valence-electron chi connectivity index (χ2n) is 4.92. The molecule has 1 aliphatic heterocycles. The number of ether oxygens (including phenoxy) is 1. The first-order valence-electron chi connectivity index (χ1n) is 6.47. The van der Waals surface area contributed by atoms with Crippen molar-refractivity contribution in [3.8, 4) is 5.75 Å². The summed E-state index contributed by atoms with van der Waals surface area (Å²) in [6.07, 6.45) is 0. The van der Waals surface area contributed by atoms with Crippen LogP contribution in [0.3, 0.4) is 0 Å². The lowest BCUT2D eigenvalue weighted by molar-refractivity contribution is 0.204. The zero-order chi connectivity index (χ0) is 13.0. The second-order valence-corrected chi connectivity index (χ2v) is 4.92. The normalized spacial score (nSPS) is 20.7. The maximum absolute atomic E-state index is 5.18. The lowest BCUT2D eigenvalue weighted by atomic mass is 10.2. The Morgan fingerprint density at radius 1 is 1.39 bits per heavy atom. The Hall–Kier alpha value is -1.26. The maximum atomic E-state index is 5.18. The summed E-state index contributed by atoms with van der Waals surface area (Å²) in [5.41, 5.74) is 1.23. The Morgan fingerprint density at radius 2 is 2.11 bits per heavy atom. The number of piperazine rings is 1. The zero-order valence-corrected chi connectivity index (χ0v) is 11.5. The van der Waals surface area contributed by atoms with Crippen LogP contribution in [-0.4, -0.2) is 58.3 Å². The SMILES string of the molecule is COc1ccc(N(C)CC2CNCCN2C)cc1. The van der Waals surface area contributed by atoms with Gasteiger partial charge < -0.3 is 15.0 Å². The van der Waals surface area contributed by atoms with Gasteiger partial charge in [-0.15, -0.1) is 0 Å². The summed E-state index contributed by atoms with van der Waals surface area (Å²) in [6.45, 7) is 4.33. The van der Waals surface area contributed by atoms with E-state index in [1.54, 1.807) is 7.11 Å². The Morgan fingerprint density at radius 3 is 2.72 bits per heavy atom. The molecule has 4 nitrogen and oxygen atoms in total. The van der Waals surface area contributed by atoms with E-state index >= 15 is 0 Å². The molecule has 0 aromatic heterocycles. The highest BCUT2D eigenvalue weighted by Gasteiger charge is 2.19. The summed E-state index contributed by atoms with van der Waals surface area (Å²) in [5.74, 6) is 0.906. The van der Waals surface area contributed by atoms with Crippen molar-refractivity contribution < 1.29 is 4.74 Å². The number of methoxy groups -OCH3 is 1. The van der Waals surface area contributed by atoms with Gasteiger partial charge in [0.05, 0.1) is 7.11 Å². The predicted octanol–water partition coefficient (Wildman–Crippen LogP) is 1.03. The van der Waals surface area contributed by atoms with Gasteiger partial charge in [-0.05, 0) is 31.3 Å². The number of benzene rings is 1. The molecule has 100 valence electrons. The average molecular weight is 249 g/mol. The number of anilines is 1. The molecule has 0 radical (unpaired) electrons. The minimum absolute atomic E-state index is 0.575. The van der Waals surface area contributed by atoms with Crippen LogP contribution in [0.5, 0.6) is 5.75 Å². The highest BCUT2D eigenvalue weighted by molar-refractivity contribution is 5.48. The van der Waals surface area contributed by atoms with Gasteiger partial charge in [-0.3, -0.25) is 4.90 Å². The molecule has 1 N–H and O–H groups in total. The van der Waals surface area contributed by atoms with E-state index in [0.717, 1.165) is 31.9 Å². The fourth-order valence-electron chi connectivity index (χ4n) is 2.32. The van der Waals surface area contributed by atoms with Crippen molar-refractivity contribution in [2.24, 2.45) is 0 Å². The van der Waals surface area contributed by atoms with Crippen molar-refractivity contribution in [2.45, 2.75) is 6.04 Å². The summed E-state index contributed by atoms with van der Waals surface area (Å²) in [6, 6.07) is 8.80. The topological polar surface area (TPSA) is 27.7 Å². The quantitative estimate of drug-likeness (QED) is 0.863. The maximum Gasteiger partial charge on any atom is 0.119 e. The van der Waals surface area contributed by atoms with E-state index in [4.69, 9.17) is 4.74 Å². The van der Waals surface area contributed by atoms with Crippen molar-refractivity contribution in [2.75, 3.05) is 52.3 Å². The van der Waals surface area contributed by atoms with Crippen LogP contribution in [-0.2, 0) is 0 Å². The van der Waals surface area contributed by atoms with Crippen LogP contribution in [0.1, 0.15) is 0 Å². The highest BCUT2D eigenvalue weighted by atomic mass is 16.5. The van der Waals surface area contributed by atoms with E-state index in [0.29, 0.717) is 6.04 Å². The van der Waals surface area contributed by atoms with Crippen molar-refractivity contribution in [1.82, 2.24) is 10.2 Å². The fraction of sp³-hybridized carbons (Fsp3) is 0.571. The Kier molecular flexibility index (Phi) is 4.44. The first-order valence-corrected chi connectivity index (χ1v) is 6.47. The van der Waals surface area contributed by atoms with Gasteiger partial charge in [-0.2, -0.15) is 0 Å². The van der Waals surface area contributed by atoms with E-state index in [2.05, 4.69) is 41.3 Å². The molecule has 1 aliphatic rings. The van der Waals surface area contributed by atoms with Gasteiger partial charge in [0, 0.05) is 45.0 Å². The van der Waals surface area contributed by atoms with Gasteiger partial charge in [-0.1, -0.05) is 0 Å². The molecule has 18 heavy (non-hydrogen) atoms. The van der Waals surface area contributed by atoms with Crippen molar-refractivity contribution in [3.63, 3.8) is 0 Å². The van der Waals surface area contributed by atoms with Crippen LogP contribution in [0.15, 0.2) is 24.3 Å². The number of rotatable bonds is 4. The molecule has 0 saturated carbocycles. The van der Waals surface area contributed by atoms with E-state index in [9.17, 15) is 0 Å². The minimum atomic E-state index is 0.575. The summed E-state index contributed by atoms with van der Waals surface area (Å²) < 4.78 is 5.18. The molecule has 0 spiro atoms. The molecule has 0 amide bonds. The van der Waals surface area contributed by atoms with Gasteiger partial charge in [0.1, 0.15) is 5.75 Å². The summed E-state index contributed by atoms with van der Waals surface area (Å²) >= 11 is 0. The molecule has 1 atom stereocenters. The van der Waals surface area contributed by atoms with Crippen LogP contribution < -0.4 is 15.0 Å². The molecule has 1 unspecified atom stereocenters. The number of likely N-dealkylation sites (N-methyl/N-ethyl adjacent to an activating group) is 2. The molecule has 1 saturated heterocycles. The van der Waals surface area contributed by atoms with Gasteiger partial charge in [0.25, 0.3) is 0 Å². The molecular formula is C14H23N3O. The number of hydrogen-bond acceptors (Lipinski definition) is 4.